The van der Waals surface area contributed by atoms with Gasteiger partial charge in [0.2, 0.25) is 5.95 Å². The van der Waals surface area contributed by atoms with E-state index in [9.17, 15) is 0 Å². The fourth-order valence-electron chi connectivity index (χ4n) is 2.06. The number of pyridine rings is 1. The normalized spacial score (nSPS) is 10.8. The van der Waals surface area contributed by atoms with Crippen molar-refractivity contribution >= 4 is 27.5 Å². The molecule has 0 aliphatic carbocycles. The van der Waals surface area contributed by atoms with E-state index >= 15 is 0 Å². The predicted octanol–water partition coefficient (Wildman–Crippen LogP) is 3.16. The molecule has 5 nitrogen and oxygen atoms in total. The van der Waals surface area contributed by atoms with Crippen LogP contribution in [0.15, 0.2) is 47.1 Å². The molecule has 0 bridgehead atoms. The number of hydrogen-bond acceptors (Lipinski definition) is 4. The third-order valence-electron chi connectivity index (χ3n) is 3.17. The number of nitrogens with zero attached hydrogens (tertiary/aromatic N) is 3. The van der Waals surface area contributed by atoms with Crippen LogP contribution in [-0.4, -0.2) is 28.3 Å². The van der Waals surface area contributed by atoms with Crippen LogP contribution in [0.3, 0.4) is 0 Å². The van der Waals surface area contributed by atoms with Crippen LogP contribution in [0.5, 0.6) is 5.75 Å². The number of ether oxygens (including phenoxy) is 1. The van der Waals surface area contributed by atoms with Gasteiger partial charge in [0.25, 0.3) is 0 Å². The summed E-state index contributed by atoms with van der Waals surface area (Å²) in [6, 6.07) is 11.9. The van der Waals surface area contributed by atoms with Gasteiger partial charge in [0.05, 0.1) is 11.6 Å². The highest BCUT2D eigenvalue weighted by Gasteiger charge is 2.05. The number of benzene rings is 1. The minimum Gasteiger partial charge on any atom is -0.497 e. The second kappa shape index (κ2) is 6.13. The Kier molecular flexibility index (Phi) is 4.06. The molecule has 1 aromatic carbocycles. The van der Waals surface area contributed by atoms with E-state index in [2.05, 4.69) is 43.5 Å². The first-order chi connectivity index (χ1) is 10.3. The fraction of sp³-hybridized carbons (Fsp3) is 0.200. The predicted molar refractivity (Wildman–Crippen MR) is 85.9 cm³/mol. The van der Waals surface area contributed by atoms with Gasteiger partial charge < -0.3 is 10.1 Å². The highest BCUT2D eigenvalue weighted by atomic mass is 79.9. The third kappa shape index (κ3) is 3.16. The van der Waals surface area contributed by atoms with Gasteiger partial charge in [-0.15, -0.1) is 5.10 Å². The lowest BCUT2D eigenvalue weighted by atomic mass is 10.1. The number of rotatable bonds is 5. The van der Waals surface area contributed by atoms with Crippen LogP contribution in [0, 0.1) is 0 Å². The van der Waals surface area contributed by atoms with E-state index < -0.39 is 0 Å². The van der Waals surface area contributed by atoms with Crippen molar-refractivity contribution in [1.82, 2.24) is 14.6 Å². The van der Waals surface area contributed by atoms with Gasteiger partial charge in [0, 0.05) is 12.7 Å². The SMILES string of the molecule is COc1ccc(CCNc2nc3c(Br)cccn3n2)cc1. The Morgan fingerprint density at radius 1 is 1.24 bits per heavy atom. The molecule has 2 aromatic heterocycles. The number of halogens is 1. The molecule has 1 N–H and O–H groups in total. The number of aromatic nitrogens is 3. The summed E-state index contributed by atoms with van der Waals surface area (Å²) in [5, 5.41) is 7.62. The lowest BCUT2D eigenvalue weighted by molar-refractivity contribution is 0.414. The Bertz CT molecular complexity index is 739. The molecular weight excluding hydrogens is 332 g/mol. The Labute approximate surface area is 131 Å². The first kappa shape index (κ1) is 13.9. The molecule has 0 saturated heterocycles. The molecule has 0 unspecified atom stereocenters. The second-order valence-electron chi connectivity index (χ2n) is 4.58. The Morgan fingerprint density at radius 2 is 2.05 bits per heavy atom. The molecule has 0 radical (unpaired) electrons. The zero-order valence-electron chi connectivity index (χ0n) is 11.6. The summed E-state index contributed by atoms with van der Waals surface area (Å²) < 4.78 is 7.83. The van der Waals surface area contributed by atoms with Gasteiger partial charge in [-0.25, -0.2) is 4.52 Å². The van der Waals surface area contributed by atoms with E-state index in [1.165, 1.54) is 5.56 Å². The monoisotopic (exact) mass is 346 g/mol. The van der Waals surface area contributed by atoms with Crippen LogP contribution in [0.2, 0.25) is 0 Å². The van der Waals surface area contributed by atoms with Gasteiger partial charge >= 0.3 is 0 Å². The summed E-state index contributed by atoms with van der Waals surface area (Å²) in [6.07, 6.45) is 2.78. The fourth-order valence-corrected chi connectivity index (χ4v) is 2.48. The zero-order chi connectivity index (χ0) is 14.7. The quantitative estimate of drug-likeness (QED) is 0.770. The molecular formula is C15H15BrN4O. The van der Waals surface area contributed by atoms with Crippen molar-refractivity contribution in [2.75, 3.05) is 19.0 Å². The minimum atomic E-state index is 0.635. The van der Waals surface area contributed by atoms with Crippen LogP contribution < -0.4 is 10.1 Å². The maximum Gasteiger partial charge on any atom is 0.243 e. The summed E-state index contributed by atoms with van der Waals surface area (Å²) in [6.45, 7) is 0.779. The summed E-state index contributed by atoms with van der Waals surface area (Å²) in [5.41, 5.74) is 2.05. The van der Waals surface area contributed by atoms with Gasteiger partial charge in [-0.3, -0.25) is 0 Å². The van der Waals surface area contributed by atoms with Crippen molar-refractivity contribution < 1.29 is 4.74 Å². The van der Waals surface area contributed by atoms with Gasteiger partial charge in [-0.05, 0) is 52.2 Å². The number of fused-ring (bicyclic) bond motifs is 1. The number of nitrogens with one attached hydrogen (secondary N) is 1. The van der Waals surface area contributed by atoms with E-state index in [4.69, 9.17) is 4.74 Å². The lowest BCUT2D eigenvalue weighted by Crippen LogP contribution is -2.06. The molecule has 0 spiro atoms. The topological polar surface area (TPSA) is 51.5 Å². The maximum absolute atomic E-state index is 5.15. The van der Waals surface area contributed by atoms with Gasteiger partial charge in [-0.1, -0.05) is 12.1 Å². The van der Waals surface area contributed by atoms with E-state index in [1.807, 2.05) is 30.5 Å². The largest absolute Gasteiger partial charge is 0.497 e. The molecule has 3 rings (SSSR count). The molecule has 6 heteroatoms. The summed E-state index contributed by atoms with van der Waals surface area (Å²) in [5.74, 6) is 1.51. The van der Waals surface area contributed by atoms with Crippen LogP contribution >= 0.6 is 15.9 Å². The van der Waals surface area contributed by atoms with E-state index in [0.717, 1.165) is 28.8 Å². The Balaban J connectivity index is 1.62. The van der Waals surface area contributed by atoms with Crippen molar-refractivity contribution in [1.29, 1.82) is 0 Å². The average molecular weight is 347 g/mol. The van der Waals surface area contributed by atoms with Crippen molar-refractivity contribution in [3.05, 3.63) is 52.6 Å². The summed E-state index contributed by atoms with van der Waals surface area (Å²) in [7, 11) is 1.67. The molecule has 0 fully saturated rings. The second-order valence-corrected chi connectivity index (χ2v) is 5.44. The van der Waals surface area contributed by atoms with Crippen molar-refractivity contribution in [2.24, 2.45) is 0 Å². The molecule has 0 saturated carbocycles. The number of hydrogen-bond donors (Lipinski definition) is 1. The highest BCUT2D eigenvalue weighted by molar-refractivity contribution is 9.10. The maximum atomic E-state index is 5.15. The molecule has 0 amide bonds. The van der Waals surface area contributed by atoms with E-state index in [0.29, 0.717) is 5.95 Å². The minimum absolute atomic E-state index is 0.635. The van der Waals surface area contributed by atoms with Crippen LogP contribution in [-0.2, 0) is 6.42 Å². The van der Waals surface area contributed by atoms with Gasteiger partial charge in [0.1, 0.15) is 5.75 Å². The Morgan fingerprint density at radius 3 is 2.76 bits per heavy atom. The molecule has 21 heavy (non-hydrogen) atoms. The molecule has 0 atom stereocenters. The molecule has 0 aliphatic rings. The highest BCUT2D eigenvalue weighted by Crippen LogP contribution is 2.17. The van der Waals surface area contributed by atoms with Crippen molar-refractivity contribution in [2.45, 2.75) is 6.42 Å². The average Bonchev–Trinajstić information content (AvgIpc) is 2.92. The van der Waals surface area contributed by atoms with Crippen molar-refractivity contribution in [3.8, 4) is 5.75 Å². The summed E-state index contributed by atoms with van der Waals surface area (Å²) >= 11 is 3.47. The first-order valence-electron chi connectivity index (χ1n) is 6.64. The van der Waals surface area contributed by atoms with Gasteiger partial charge in [0.15, 0.2) is 5.65 Å². The molecule has 108 valence electrons. The van der Waals surface area contributed by atoms with E-state index in [-0.39, 0.29) is 0 Å². The summed E-state index contributed by atoms with van der Waals surface area (Å²) in [4.78, 5) is 4.44. The smallest absolute Gasteiger partial charge is 0.243 e. The number of anilines is 1. The first-order valence-corrected chi connectivity index (χ1v) is 7.43. The Hall–Kier alpha value is -2.08. The van der Waals surface area contributed by atoms with Crippen molar-refractivity contribution in [3.63, 3.8) is 0 Å². The molecule has 2 heterocycles. The zero-order valence-corrected chi connectivity index (χ0v) is 13.2. The van der Waals surface area contributed by atoms with Gasteiger partial charge in [-0.2, -0.15) is 4.98 Å². The molecule has 3 aromatic rings. The van der Waals surface area contributed by atoms with E-state index in [1.54, 1.807) is 11.6 Å². The third-order valence-corrected chi connectivity index (χ3v) is 3.79. The standard InChI is InChI=1S/C15H15BrN4O/c1-21-12-6-4-11(5-7-12)8-9-17-15-18-14-13(16)3-2-10-20(14)19-15/h2-7,10H,8-9H2,1H3,(H,17,19). The number of methoxy groups -OCH3 is 1. The van der Waals surface area contributed by atoms with Crippen LogP contribution in [0.1, 0.15) is 5.56 Å². The van der Waals surface area contributed by atoms with Crippen LogP contribution in [0.4, 0.5) is 5.95 Å². The lowest BCUT2D eigenvalue weighted by Gasteiger charge is -2.04. The molecule has 0 aliphatic heterocycles. The van der Waals surface area contributed by atoms with Crippen LogP contribution in [0.25, 0.3) is 5.65 Å².